The maximum absolute atomic E-state index is 11.2. The van der Waals surface area contributed by atoms with Gasteiger partial charge >= 0.3 is 5.97 Å². The van der Waals surface area contributed by atoms with Gasteiger partial charge in [0.1, 0.15) is 5.69 Å². The Labute approximate surface area is 101 Å². The first kappa shape index (κ1) is 10.8. The highest BCUT2D eigenvalue weighted by Crippen LogP contribution is 2.19. The van der Waals surface area contributed by atoms with Crippen LogP contribution < -0.4 is 5.32 Å². The van der Waals surface area contributed by atoms with Crippen LogP contribution in [0.15, 0.2) is 6.20 Å². The molecule has 18 heavy (non-hydrogen) atoms. The van der Waals surface area contributed by atoms with Crippen LogP contribution >= 0.6 is 0 Å². The third-order valence-electron chi connectivity index (χ3n) is 2.78. The largest absolute Gasteiger partial charge is 0.476 e. The van der Waals surface area contributed by atoms with E-state index in [2.05, 4.69) is 30.7 Å². The van der Waals surface area contributed by atoms with Gasteiger partial charge in [0.05, 0.1) is 11.9 Å². The summed E-state index contributed by atoms with van der Waals surface area (Å²) in [7, 11) is 0. The molecule has 3 N–H and O–H groups in total. The molecule has 0 atom stereocenters. The Morgan fingerprint density at radius 3 is 3.00 bits per heavy atom. The van der Waals surface area contributed by atoms with Crippen molar-refractivity contribution < 1.29 is 9.90 Å². The summed E-state index contributed by atoms with van der Waals surface area (Å²) < 4.78 is 0. The summed E-state index contributed by atoms with van der Waals surface area (Å²) in [5.74, 6) is -0.760. The van der Waals surface area contributed by atoms with E-state index in [0.29, 0.717) is 30.0 Å². The van der Waals surface area contributed by atoms with E-state index in [1.807, 2.05) is 0 Å². The highest BCUT2D eigenvalue weighted by molar-refractivity contribution is 5.88. The molecule has 3 heterocycles. The molecular weight excluding hydrogens is 236 g/mol. The molecule has 8 heteroatoms. The van der Waals surface area contributed by atoms with Crippen LogP contribution in [0.3, 0.4) is 0 Å². The van der Waals surface area contributed by atoms with E-state index in [1.54, 1.807) is 0 Å². The molecule has 0 aliphatic carbocycles. The molecule has 0 fully saturated rings. The number of carboxylic acid groups (broad SMARTS) is 1. The molecule has 2 aromatic rings. The zero-order valence-electron chi connectivity index (χ0n) is 9.34. The Balaban J connectivity index is 2.18. The Kier molecular flexibility index (Phi) is 2.49. The van der Waals surface area contributed by atoms with E-state index in [0.717, 1.165) is 12.2 Å². The minimum absolute atomic E-state index is 0.0326. The number of nitrogens with zero attached hydrogens (tertiary/aromatic N) is 4. The number of H-pyrrole nitrogens is 1. The number of fused-ring (bicyclic) bond motifs is 1. The van der Waals surface area contributed by atoms with Crippen LogP contribution in [0, 0.1) is 0 Å². The molecule has 0 saturated heterocycles. The van der Waals surface area contributed by atoms with Crippen LogP contribution in [-0.2, 0) is 13.0 Å². The summed E-state index contributed by atoms with van der Waals surface area (Å²) in [6, 6.07) is 0. The van der Waals surface area contributed by atoms with E-state index in [-0.39, 0.29) is 5.69 Å². The molecule has 0 unspecified atom stereocenters. The first-order valence-electron chi connectivity index (χ1n) is 5.45. The van der Waals surface area contributed by atoms with Crippen LogP contribution in [-0.4, -0.2) is 43.0 Å². The second-order valence-corrected chi connectivity index (χ2v) is 3.91. The number of carboxylic acids is 1. The van der Waals surface area contributed by atoms with Crippen molar-refractivity contribution in [1.29, 1.82) is 0 Å². The molecular formula is C10H10N6O2. The second kappa shape index (κ2) is 4.15. The topological polar surface area (TPSA) is 117 Å². The van der Waals surface area contributed by atoms with Crippen LogP contribution in [0.25, 0.3) is 11.5 Å². The standard InChI is InChI=1S/C10H10N6O2/c17-10(18)8-5-3-11-2-1-6(5)13-9(14-8)7-4-12-16-15-7/h4,11H,1-3H2,(H,17,18)(H,12,15,16). The number of hydrogen-bond donors (Lipinski definition) is 3. The van der Waals surface area contributed by atoms with Gasteiger partial charge < -0.3 is 10.4 Å². The number of hydrogen-bond acceptors (Lipinski definition) is 6. The van der Waals surface area contributed by atoms with Crippen LogP contribution in [0.2, 0.25) is 0 Å². The highest BCUT2D eigenvalue weighted by atomic mass is 16.4. The summed E-state index contributed by atoms with van der Waals surface area (Å²) >= 11 is 0. The maximum Gasteiger partial charge on any atom is 0.354 e. The minimum Gasteiger partial charge on any atom is -0.476 e. The van der Waals surface area contributed by atoms with Crippen molar-refractivity contribution in [2.24, 2.45) is 0 Å². The lowest BCUT2D eigenvalue weighted by Crippen LogP contribution is -2.28. The van der Waals surface area contributed by atoms with Gasteiger partial charge in [-0.05, 0) is 0 Å². The summed E-state index contributed by atoms with van der Waals surface area (Å²) in [5, 5.41) is 22.3. The molecule has 0 spiro atoms. The van der Waals surface area contributed by atoms with Gasteiger partial charge in [-0.3, -0.25) is 0 Å². The fourth-order valence-corrected chi connectivity index (χ4v) is 1.94. The van der Waals surface area contributed by atoms with Gasteiger partial charge in [-0.15, -0.1) is 0 Å². The van der Waals surface area contributed by atoms with E-state index < -0.39 is 5.97 Å². The van der Waals surface area contributed by atoms with Crippen molar-refractivity contribution >= 4 is 5.97 Å². The number of rotatable bonds is 2. The molecule has 0 saturated carbocycles. The average molecular weight is 246 g/mol. The van der Waals surface area contributed by atoms with Gasteiger partial charge in [0.2, 0.25) is 0 Å². The summed E-state index contributed by atoms with van der Waals surface area (Å²) in [5.41, 5.74) is 1.89. The lowest BCUT2D eigenvalue weighted by Gasteiger charge is -2.17. The smallest absolute Gasteiger partial charge is 0.354 e. The van der Waals surface area contributed by atoms with Crippen LogP contribution in [0.1, 0.15) is 21.7 Å². The Morgan fingerprint density at radius 2 is 2.28 bits per heavy atom. The Hall–Kier alpha value is -2.35. The van der Waals surface area contributed by atoms with Crippen molar-refractivity contribution in [2.75, 3.05) is 6.54 Å². The van der Waals surface area contributed by atoms with Gasteiger partial charge in [0.25, 0.3) is 0 Å². The van der Waals surface area contributed by atoms with Crippen molar-refractivity contribution in [3.8, 4) is 11.5 Å². The first-order chi connectivity index (χ1) is 8.75. The SMILES string of the molecule is O=C(O)c1nc(-c2cn[nH]n2)nc2c1CNCC2. The van der Waals surface area contributed by atoms with Gasteiger partial charge in [0, 0.05) is 25.1 Å². The summed E-state index contributed by atoms with van der Waals surface area (Å²) in [6.45, 7) is 1.26. The zero-order valence-corrected chi connectivity index (χ0v) is 9.34. The fraction of sp³-hybridized carbons (Fsp3) is 0.300. The first-order valence-corrected chi connectivity index (χ1v) is 5.45. The average Bonchev–Trinajstić information content (AvgIpc) is 2.91. The maximum atomic E-state index is 11.2. The summed E-state index contributed by atoms with van der Waals surface area (Å²) in [6.07, 6.45) is 2.15. The third-order valence-corrected chi connectivity index (χ3v) is 2.78. The highest BCUT2D eigenvalue weighted by Gasteiger charge is 2.22. The van der Waals surface area contributed by atoms with Crippen molar-refractivity contribution in [2.45, 2.75) is 13.0 Å². The second-order valence-electron chi connectivity index (χ2n) is 3.91. The monoisotopic (exact) mass is 246 g/mol. The van der Waals surface area contributed by atoms with Crippen molar-refractivity contribution in [1.82, 2.24) is 30.7 Å². The minimum atomic E-state index is -1.05. The van der Waals surface area contributed by atoms with Crippen LogP contribution in [0.4, 0.5) is 0 Å². The molecule has 0 bridgehead atoms. The molecule has 1 aliphatic rings. The zero-order chi connectivity index (χ0) is 12.5. The lowest BCUT2D eigenvalue weighted by molar-refractivity contribution is 0.0688. The molecule has 0 radical (unpaired) electrons. The molecule has 1 aliphatic heterocycles. The molecule has 92 valence electrons. The van der Waals surface area contributed by atoms with Gasteiger partial charge in [-0.2, -0.15) is 15.4 Å². The number of aromatic nitrogens is 5. The van der Waals surface area contributed by atoms with Gasteiger partial charge in [-0.25, -0.2) is 14.8 Å². The quantitative estimate of drug-likeness (QED) is 0.660. The summed E-state index contributed by atoms with van der Waals surface area (Å²) in [4.78, 5) is 19.6. The van der Waals surface area contributed by atoms with Crippen molar-refractivity contribution in [3.63, 3.8) is 0 Å². The Bertz CT molecular complexity index is 595. The predicted octanol–water partition coefficient (Wildman–Crippen LogP) is -0.394. The van der Waals surface area contributed by atoms with E-state index in [9.17, 15) is 9.90 Å². The Morgan fingerprint density at radius 1 is 1.39 bits per heavy atom. The molecule has 3 rings (SSSR count). The van der Waals surface area contributed by atoms with Gasteiger partial charge in [-0.1, -0.05) is 0 Å². The molecule has 2 aromatic heterocycles. The van der Waals surface area contributed by atoms with Crippen LogP contribution in [0.5, 0.6) is 0 Å². The van der Waals surface area contributed by atoms with E-state index in [4.69, 9.17) is 0 Å². The van der Waals surface area contributed by atoms with Crippen molar-refractivity contribution in [3.05, 3.63) is 23.1 Å². The lowest BCUT2D eigenvalue weighted by atomic mass is 10.1. The normalized spacial score (nSPS) is 14.2. The van der Waals surface area contributed by atoms with E-state index >= 15 is 0 Å². The molecule has 8 nitrogen and oxygen atoms in total. The number of aromatic amines is 1. The number of carbonyl (C=O) groups is 1. The number of aromatic carboxylic acids is 1. The predicted molar refractivity (Wildman–Crippen MR) is 59.8 cm³/mol. The van der Waals surface area contributed by atoms with Gasteiger partial charge in [0.15, 0.2) is 11.5 Å². The van der Waals surface area contributed by atoms with E-state index in [1.165, 1.54) is 6.20 Å². The number of nitrogens with one attached hydrogen (secondary N) is 2. The third kappa shape index (κ3) is 1.72. The molecule has 0 amide bonds. The fourth-order valence-electron chi connectivity index (χ4n) is 1.94. The molecule has 0 aromatic carbocycles.